The van der Waals surface area contributed by atoms with E-state index in [1.54, 1.807) is 37.5 Å². The maximum Gasteiger partial charge on any atom is 0.243 e. The molecule has 0 aliphatic carbocycles. The van der Waals surface area contributed by atoms with Gasteiger partial charge in [0.25, 0.3) is 0 Å². The number of nitrogens with zero attached hydrogens (tertiary/aromatic N) is 3. The Bertz CT molecular complexity index is 875. The average molecular weight is 342 g/mol. The van der Waals surface area contributed by atoms with Gasteiger partial charge in [0.15, 0.2) is 0 Å². The van der Waals surface area contributed by atoms with Crippen molar-refractivity contribution in [2.24, 2.45) is 0 Å². The van der Waals surface area contributed by atoms with Crippen molar-refractivity contribution in [3.05, 3.63) is 59.4 Å². The molecule has 1 aliphatic heterocycles. The number of aromatic nitrogens is 1. The maximum absolute atomic E-state index is 13.1. The predicted molar refractivity (Wildman–Crippen MR) is 89.6 cm³/mol. The van der Waals surface area contributed by atoms with Crippen LogP contribution in [0, 0.1) is 18.3 Å². The van der Waals surface area contributed by atoms with E-state index in [4.69, 9.17) is 5.26 Å². The normalized spacial score (nSPS) is 18.9. The molecule has 2 aromatic rings. The molecular weight excluding hydrogens is 324 g/mol. The molecule has 0 radical (unpaired) electrons. The van der Waals surface area contributed by atoms with Crippen LogP contribution >= 0.6 is 0 Å². The summed E-state index contributed by atoms with van der Waals surface area (Å²) in [6.45, 7) is 3.28. The third-order valence-corrected chi connectivity index (χ3v) is 6.09. The lowest BCUT2D eigenvalue weighted by atomic mass is 10.1. The molecule has 1 aromatic carbocycles. The standard InChI is InChI=1S/C17H18N4O2S/c1-13-9-16(5-4-14(13)10-18)24(22,23)21-8-7-20-12-17(21)15-3-2-6-19-11-15/h2-6,9,11,17,20H,7-8,12H2,1H3. The molecule has 1 fully saturated rings. The van der Waals surface area contributed by atoms with E-state index in [0.29, 0.717) is 30.8 Å². The summed E-state index contributed by atoms with van der Waals surface area (Å²) in [5.74, 6) is 0. The Hall–Kier alpha value is -2.27. The molecule has 24 heavy (non-hydrogen) atoms. The van der Waals surface area contributed by atoms with Crippen molar-refractivity contribution in [1.29, 1.82) is 5.26 Å². The van der Waals surface area contributed by atoms with Gasteiger partial charge in [-0.1, -0.05) is 6.07 Å². The van der Waals surface area contributed by atoms with E-state index in [9.17, 15) is 8.42 Å². The summed E-state index contributed by atoms with van der Waals surface area (Å²) >= 11 is 0. The SMILES string of the molecule is Cc1cc(S(=O)(=O)N2CCNCC2c2cccnc2)ccc1C#N. The largest absolute Gasteiger partial charge is 0.313 e. The molecule has 7 heteroatoms. The van der Waals surface area contributed by atoms with Gasteiger partial charge in [-0.05, 0) is 42.3 Å². The highest BCUT2D eigenvalue weighted by atomic mass is 32.2. The molecule has 1 aromatic heterocycles. The summed E-state index contributed by atoms with van der Waals surface area (Å²) in [7, 11) is -3.65. The van der Waals surface area contributed by atoms with Crippen molar-refractivity contribution in [3.8, 4) is 6.07 Å². The highest BCUT2D eigenvalue weighted by molar-refractivity contribution is 7.89. The number of hydrogen-bond acceptors (Lipinski definition) is 5. The van der Waals surface area contributed by atoms with Gasteiger partial charge in [0, 0.05) is 32.0 Å². The zero-order chi connectivity index (χ0) is 17.2. The summed E-state index contributed by atoms with van der Waals surface area (Å²) in [5, 5.41) is 12.3. The van der Waals surface area contributed by atoms with E-state index in [0.717, 1.165) is 5.56 Å². The molecule has 1 saturated heterocycles. The van der Waals surface area contributed by atoms with Gasteiger partial charge in [-0.15, -0.1) is 0 Å². The Kier molecular flexibility index (Phi) is 4.62. The Morgan fingerprint density at radius 3 is 2.88 bits per heavy atom. The summed E-state index contributed by atoms with van der Waals surface area (Å²) in [5.41, 5.74) is 2.00. The number of rotatable bonds is 3. The van der Waals surface area contributed by atoms with E-state index in [2.05, 4.69) is 16.4 Å². The third-order valence-electron chi connectivity index (χ3n) is 4.19. The Morgan fingerprint density at radius 1 is 1.38 bits per heavy atom. The van der Waals surface area contributed by atoms with Crippen molar-refractivity contribution in [1.82, 2.24) is 14.6 Å². The number of sulfonamides is 1. The lowest BCUT2D eigenvalue weighted by Crippen LogP contribution is -2.48. The molecule has 1 aliphatic rings. The number of nitriles is 1. The Morgan fingerprint density at radius 2 is 2.21 bits per heavy atom. The summed E-state index contributed by atoms with van der Waals surface area (Å²) < 4.78 is 27.8. The fraction of sp³-hybridized carbons (Fsp3) is 0.294. The fourth-order valence-electron chi connectivity index (χ4n) is 2.89. The zero-order valence-corrected chi connectivity index (χ0v) is 14.1. The van der Waals surface area contributed by atoms with Crippen LogP contribution in [0.5, 0.6) is 0 Å². The van der Waals surface area contributed by atoms with Crippen LogP contribution in [0.2, 0.25) is 0 Å². The van der Waals surface area contributed by atoms with E-state index < -0.39 is 10.0 Å². The average Bonchev–Trinajstić information content (AvgIpc) is 2.62. The third kappa shape index (κ3) is 3.04. The van der Waals surface area contributed by atoms with Crippen molar-refractivity contribution in [3.63, 3.8) is 0 Å². The van der Waals surface area contributed by atoms with Crippen LogP contribution in [0.1, 0.15) is 22.7 Å². The molecule has 0 spiro atoms. The quantitative estimate of drug-likeness (QED) is 0.915. The van der Waals surface area contributed by atoms with Gasteiger partial charge in [-0.2, -0.15) is 9.57 Å². The second-order valence-electron chi connectivity index (χ2n) is 5.71. The highest BCUT2D eigenvalue weighted by Crippen LogP contribution is 2.29. The van der Waals surface area contributed by atoms with Gasteiger partial charge in [0.05, 0.1) is 22.6 Å². The van der Waals surface area contributed by atoms with Gasteiger partial charge in [0.1, 0.15) is 0 Å². The highest BCUT2D eigenvalue weighted by Gasteiger charge is 2.34. The first-order chi connectivity index (χ1) is 11.5. The van der Waals surface area contributed by atoms with Gasteiger partial charge in [-0.3, -0.25) is 4.98 Å². The monoisotopic (exact) mass is 342 g/mol. The van der Waals surface area contributed by atoms with Gasteiger partial charge < -0.3 is 5.32 Å². The van der Waals surface area contributed by atoms with Gasteiger partial charge in [-0.25, -0.2) is 8.42 Å². The predicted octanol–water partition coefficient (Wildman–Crippen LogP) is 1.60. The molecule has 0 bridgehead atoms. The second-order valence-corrected chi connectivity index (χ2v) is 7.60. The van der Waals surface area contributed by atoms with Crippen molar-refractivity contribution in [2.75, 3.05) is 19.6 Å². The number of nitrogens with one attached hydrogen (secondary N) is 1. The van der Waals surface area contributed by atoms with Crippen LogP contribution in [-0.4, -0.2) is 37.3 Å². The lowest BCUT2D eigenvalue weighted by Gasteiger charge is -2.35. The Balaban J connectivity index is 2.01. The minimum Gasteiger partial charge on any atom is -0.313 e. The summed E-state index contributed by atoms with van der Waals surface area (Å²) in [6, 6.07) is 10.1. The first-order valence-corrected chi connectivity index (χ1v) is 9.11. The molecule has 2 heterocycles. The molecule has 0 amide bonds. The maximum atomic E-state index is 13.1. The molecular formula is C17H18N4O2S. The smallest absolute Gasteiger partial charge is 0.243 e. The number of benzene rings is 1. The summed E-state index contributed by atoms with van der Waals surface area (Å²) in [4.78, 5) is 4.32. The first-order valence-electron chi connectivity index (χ1n) is 7.67. The van der Waals surface area contributed by atoms with Crippen LogP contribution < -0.4 is 5.32 Å². The number of pyridine rings is 1. The van der Waals surface area contributed by atoms with E-state index in [1.165, 1.54) is 10.4 Å². The van der Waals surface area contributed by atoms with Crippen LogP contribution in [0.15, 0.2) is 47.6 Å². The van der Waals surface area contributed by atoms with E-state index in [-0.39, 0.29) is 10.9 Å². The van der Waals surface area contributed by atoms with Gasteiger partial charge >= 0.3 is 0 Å². The van der Waals surface area contributed by atoms with Gasteiger partial charge in [0.2, 0.25) is 10.0 Å². The number of piperazine rings is 1. The molecule has 6 nitrogen and oxygen atoms in total. The van der Waals surface area contributed by atoms with Crippen LogP contribution in [-0.2, 0) is 10.0 Å². The van der Waals surface area contributed by atoms with Crippen molar-refractivity contribution >= 4 is 10.0 Å². The first kappa shape index (κ1) is 16.6. The minimum absolute atomic E-state index is 0.217. The fourth-order valence-corrected chi connectivity index (χ4v) is 4.59. The molecule has 3 rings (SSSR count). The second kappa shape index (κ2) is 6.69. The zero-order valence-electron chi connectivity index (χ0n) is 13.3. The molecule has 124 valence electrons. The minimum atomic E-state index is -3.65. The molecule has 1 atom stereocenters. The Labute approximate surface area is 141 Å². The van der Waals surface area contributed by atoms with E-state index >= 15 is 0 Å². The van der Waals surface area contributed by atoms with Crippen LogP contribution in [0.25, 0.3) is 0 Å². The molecule has 0 saturated carbocycles. The number of hydrogen-bond donors (Lipinski definition) is 1. The van der Waals surface area contributed by atoms with E-state index in [1.807, 2.05) is 6.07 Å². The van der Waals surface area contributed by atoms with Crippen molar-refractivity contribution < 1.29 is 8.42 Å². The topological polar surface area (TPSA) is 86.1 Å². The van der Waals surface area contributed by atoms with Crippen LogP contribution in [0.4, 0.5) is 0 Å². The lowest BCUT2D eigenvalue weighted by molar-refractivity contribution is 0.271. The molecule has 1 N–H and O–H groups in total. The number of aryl methyl sites for hydroxylation is 1. The van der Waals surface area contributed by atoms with Crippen molar-refractivity contribution in [2.45, 2.75) is 17.9 Å². The summed E-state index contributed by atoms with van der Waals surface area (Å²) in [6.07, 6.45) is 3.37. The molecule has 1 unspecified atom stereocenters. The van der Waals surface area contributed by atoms with Crippen LogP contribution in [0.3, 0.4) is 0 Å².